The number of benzene rings is 3. The van der Waals surface area contributed by atoms with Crippen LogP contribution < -0.4 is 0 Å². The first-order valence-corrected chi connectivity index (χ1v) is 10.6. The van der Waals surface area contributed by atoms with Crippen LogP contribution in [0.1, 0.15) is 31.1 Å². The highest BCUT2D eigenvalue weighted by molar-refractivity contribution is 5.90. The number of carbonyl (C=O) groups excluding carboxylic acids is 3. The number of rotatable bonds is 7. The fourth-order valence-electron chi connectivity index (χ4n) is 3.38. The minimum atomic E-state index is -2.00. The molecular formula is C26H21FO7. The van der Waals surface area contributed by atoms with Crippen LogP contribution in [0.5, 0.6) is 0 Å². The monoisotopic (exact) mass is 464 g/mol. The molecule has 3 aromatic carbocycles. The van der Waals surface area contributed by atoms with Gasteiger partial charge in [-0.25, -0.2) is 18.8 Å². The lowest BCUT2D eigenvalue weighted by atomic mass is 10.1. The largest absolute Gasteiger partial charge is 0.459 e. The van der Waals surface area contributed by atoms with E-state index in [0.29, 0.717) is 5.56 Å². The van der Waals surface area contributed by atoms with Gasteiger partial charge in [0.1, 0.15) is 12.7 Å². The highest BCUT2D eigenvalue weighted by Crippen LogP contribution is 2.29. The molecule has 1 aliphatic heterocycles. The summed E-state index contributed by atoms with van der Waals surface area (Å²) in [4.78, 5) is 37.2. The van der Waals surface area contributed by atoms with Crippen LogP contribution in [-0.2, 0) is 18.9 Å². The predicted molar refractivity (Wildman–Crippen MR) is 118 cm³/mol. The molecule has 34 heavy (non-hydrogen) atoms. The van der Waals surface area contributed by atoms with Gasteiger partial charge in [0.25, 0.3) is 0 Å². The highest BCUT2D eigenvalue weighted by Gasteiger charge is 2.50. The second-order valence-electron chi connectivity index (χ2n) is 7.46. The van der Waals surface area contributed by atoms with Crippen LogP contribution in [-0.4, -0.2) is 49.2 Å². The molecule has 1 fully saturated rings. The van der Waals surface area contributed by atoms with Crippen LogP contribution in [0.25, 0.3) is 0 Å². The molecule has 4 rings (SSSR count). The van der Waals surface area contributed by atoms with Crippen molar-refractivity contribution in [3.05, 3.63) is 108 Å². The van der Waals surface area contributed by atoms with E-state index in [1.165, 1.54) is 24.3 Å². The molecule has 0 radical (unpaired) electrons. The highest BCUT2D eigenvalue weighted by atomic mass is 19.1. The normalized spacial score (nSPS) is 21.4. The number of carbonyl (C=O) groups is 3. The Kier molecular flexibility index (Phi) is 7.29. The third-order valence-electron chi connectivity index (χ3n) is 5.12. The summed E-state index contributed by atoms with van der Waals surface area (Å²) in [5.41, 5.74) is 0.705. The Bertz CT molecular complexity index is 1120. The van der Waals surface area contributed by atoms with Gasteiger partial charge in [0, 0.05) is 0 Å². The van der Waals surface area contributed by atoms with E-state index in [4.69, 9.17) is 18.9 Å². The smallest absolute Gasteiger partial charge is 0.340 e. The van der Waals surface area contributed by atoms with Crippen LogP contribution >= 0.6 is 0 Å². The van der Waals surface area contributed by atoms with E-state index >= 15 is 4.39 Å². The summed E-state index contributed by atoms with van der Waals surface area (Å²) in [7, 11) is 0. The molecular weight excluding hydrogens is 443 g/mol. The van der Waals surface area contributed by atoms with Gasteiger partial charge in [0.05, 0.1) is 16.7 Å². The second-order valence-corrected chi connectivity index (χ2v) is 7.46. The molecule has 0 unspecified atom stereocenters. The van der Waals surface area contributed by atoms with Gasteiger partial charge in [-0.1, -0.05) is 54.6 Å². The lowest BCUT2D eigenvalue weighted by molar-refractivity contribution is -0.129. The Morgan fingerprint density at radius 1 is 0.676 bits per heavy atom. The van der Waals surface area contributed by atoms with E-state index in [9.17, 15) is 14.4 Å². The number of halogens is 1. The summed E-state index contributed by atoms with van der Waals surface area (Å²) in [5, 5.41) is 0. The van der Waals surface area contributed by atoms with Gasteiger partial charge >= 0.3 is 17.9 Å². The lowest BCUT2D eigenvalue weighted by Gasteiger charge is -2.19. The minimum absolute atomic E-state index is 0.204. The lowest BCUT2D eigenvalue weighted by Crippen LogP contribution is -2.37. The van der Waals surface area contributed by atoms with Gasteiger partial charge in [-0.3, -0.25) is 0 Å². The number of hydrogen-bond acceptors (Lipinski definition) is 7. The molecule has 174 valence electrons. The topological polar surface area (TPSA) is 88.1 Å². The maximum absolute atomic E-state index is 15.3. The number of hydrogen-bond donors (Lipinski definition) is 0. The molecule has 3 aromatic rings. The van der Waals surface area contributed by atoms with Crippen molar-refractivity contribution in [3.63, 3.8) is 0 Å². The van der Waals surface area contributed by atoms with Crippen LogP contribution in [0.3, 0.4) is 0 Å². The van der Waals surface area contributed by atoms with E-state index in [0.717, 1.165) is 0 Å². The Morgan fingerprint density at radius 2 is 1.12 bits per heavy atom. The van der Waals surface area contributed by atoms with Gasteiger partial charge in [-0.15, -0.1) is 0 Å². The SMILES string of the molecule is O=C(OC[C@@H]1O[C@H](OC(=O)c2ccccc2)[C@@H](F)[C@H]1OC(=O)c1ccccc1)c1ccccc1. The second kappa shape index (κ2) is 10.7. The first-order chi connectivity index (χ1) is 16.5. The van der Waals surface area contributed by atoms with Gasteiger partial charge in [0.2, 0.25) is 12.5 Å². The number of esters is 3. The van der Waals surface area contributed by atoms with Crippen molar-refractivity contribution in [3.8, 4) is 0 Å². The van der Waals surface area contributed by atoms with Crippen molar-refractivity contribution in [2.75, 3.05) is 6.61 Å². The number of alkyl halides is 1. The molecule has 0 aromatic heterocycles. The van der Waals surface area contributed by atoms with Gasteiger partial charge in [0.15, 0.2) is 6.10 Å². The van der Waals surface area contributed by atoms with E-state index < -0.39 is 49.2 Å². The maximum Gasteiger partial charge on any atom is 0.340 e. The van der Waals surface area contributed by atoms with E-state index in [1.807, 2.05) is 0 Å². The zero-order chi connectivity index (χ0) is 23.9. The van der Waals surface area contributed by atoms with Crippen molar-refractivity contribution >= 4 is 17.9 Å². The zero-order valence-electron chi connectivity index (χ0n) is 17.9. The Morgan fingerprint density at radius 3 is 1.62 bits per heavy atom. The standard InChI is InChI=1S/C26H21FO7/c27-21-22(33-24(29)18-12-6-2-7-13-18)20(16-31-23(28)17-10-4-1-5-11-17)32-26(21)34-25(30)19-14-8-3-9-15-19/h1-15,20-22,26H,16H2/t20-,21-,22-,26+/m0/s1. The molecule has 4 atom stereocenters. The molecule has 0 amide bonds. The molecule has 1 saturated heterocycles. The summed E-state index contributed by atoms with van der Waals surface area (Å²) < 4.78 is 36.6. The summed E-state index contributed by atoms with van der Waals surface area (Å²) in [6.45, 7) is -0.416. The van der Waals surface area contributed by atoms with Crippen molar-refractivity contribution in [1.29, 1.82) is 0 Å². The van der Waals surface area contributed by atoms with Crippen molar-refractivity contribution in [2.24, 2.45) is 0 Å². The molecule has 0 bridgehead atoms. The summed E-state index contributed by atoms with van der Waals surface area (Å²) in [6, 6.07) is 24.2. The third-order valence-corrected chi connectivity index (χ3v) is 5.12. The molecule has 7 nitrogen and oxygen atoms in total. The molecule has 1 heterocycles. The van der Waals surface area contributed by atoms with Crippen molar-refractivity contribution < 1.29 is 37.7 Å². The van der Waals surface area contributed by atoms with E-state index in [-0.39, 0.29) is 11.1 Å². The number of ether oxygens (including phenoxy) is 4. The molecule has 1 aliphatic rings. The molecule has 0 aliphatic carbocycles. The zero-order valence-corrected chi connectivity index (χ0v) is 17.9. The Hall–Kier alpha value is -4.04. The first-order valence-electron chi connectivity index (χ1n) is 10.6. The van der Waals surface area contributed by atoms with E-state index in [2.05, 4.69) is 0 Å². The summed E-state index contributed by atoms with van der Waals surface area (Å²) in [5.74, 6) is -2.24. The van der Waals surface area contributed by atoms with E-state index in [1.54, 1.807) is 66.7 Å². The van der Waals surface area contributed by atoms with Crippen molar-refractivity contribution in [2.45, 2.75) is 24.7 Å². The predicted octanol–water partition coefficient (Wildman–Crippen LogP) is 3.99. The quantitative estimate of drug-likeness (QED) is 0.386. The van der Waals surface area contributed by atoms with Gasteiger partial charge < -0.3 is 18.9 Å². The van der Waals surface area contributed by atoms with Crippen LogP contribution in [0, 0.1) is 0 Å². The fraction of sp³-hybridized carbons (Fsp3) is 0.192. The molecule has 0 spiro atoms. The third kappa shape index (κ3) is 5.47. The average Bonchev–Trinajstić information content (AvgIpc) is 3.17. The van der Waals surface area contributed by atoms with Crippen LogP contribution in [0.4, 0.5) is 4.39 Å². The average molecular weight is 464 g/mol. The fourth-order valence-corrected chi connectivity index (χ4v) is 3.38. The summed E-state index contributed by atoms with van der Waals surface area (Å²) in [6.07, 6.45) is -6.31. The molecule has 0 saturated carbocycles. The Labute approximate surface area is 195 Å². The minimum Gasteiger partial charge on any atom is -0.459 e. The van der Waals surface area contributed by atoms with Gasteiger partial charge in [-0.2, -0.15) is 0 Å². The molecule has 8 heteroatoms. The van der Waals surface area contributed by atoms with Crippen molar-refractivity contribution in [1.82, 2.24) is 0 Å². The first kappa shape index (κ1) is 23.1. The summed E-state index contributed by atoms with van der Waals surface area (Å²) >= 11 is 0. The maximum atomic E-state index is 15.3. The molecule has 0 N–H and O–H groups in total. The van der Waals surface area contributed by atoms with Crippen LogP contribution in [0.2, 0.25) is 0 Å². The van der Waals surface area contributed by atoms with Gasteiger partial charge in [-0.05, 0) is 36.4 Å². The van der Waals surface area contributed by atoms with Crippen LogP contribution in [0.15, 0.2) is 91.0 Å². The Balaban J connectivity index is 1.47.